The quantitative estimate of drug-likeness (QED) is 0.626. The fraction of sp³-hybridized carbons (Fsp3) is 0.158. The predicted molar refractivity (Wildman–Crippen MR) is 102 cm³/mol. The summed E-state index contributed by atoms with van der Waals surface area (Å²) in [6.07, 6.45) is 2.99. The van der Waals surface area contributed by atoms with E-state index in [9.17, 15) is 4.79 Å². The molecule has 1 aromatic carbocycles. The van der Waals surface area contributed by atoms with Gasteiger partial charge in [0.05, 0.1) is 12.8 Å². The molecule has 3 heterocycles. The average molecular weight is 363 g/mol. The van der Waals surface area contributed by atoms with Crippen molar-refractivity contribution in [3.05, 3.63) is 76.5 Å². The van der Waals surface area contributed by atoms with Gasteiger partial charge in [0.15, 0.2) is 6.17 Å². The molecule has 0 saturated carbocycles. The van der Waals surface area contributed by atoms with Crippen LogP contribution in [0.4, 0.5) is 11.6 Å². The summed E-state index contributed by atoms with van der Waals surface area (Å²) in [5.74, 6) is 1.85. The topological polar surface area (TPSA) is 95.0 Å². The van der Waals surface area contributed by atoms with Gasteiger partial charge in [-0.3, -0.25) is 14.8 Å². The molecule has 0 radical (unpaired) electrons. The third-order valence-corrected chi connectivity index (χ3v) is 4.22. The molecule has 3 aromatic rings. The second-order valence-corrected chi connectivity index (χ2v) is 6.12. The number of benzene rings is 1. The first-order valence-corrected chi connectivity index (χ1v) is 8.46. The number of methoxy groups -OCH3 is 1. The zero-order valence-electron chi connectivity index (χ0n) is 14.9. The number of pyridine rings is 1. The zero-order chi connectivity index (χ0) is 18.8. The van der Waals surface area contributed by atoms with Crippen molar-refractivity contribution in [3.63, 3.8) is 0 Å². The summed E-state index contributed by atoms with van der Waals surface area (Å²) < 4.78 is 6.76. The van der Waals surface area contributed by atoms with Crippen LogP contribution in [0.2, 0.25) is 0 Å². The molecule has 0 spiro atoms. The average Bonchev–Trinajstić information content (AvgIpc) is 2.68. The van der Waals surface area contributed by atoms with E-state index in [1.807, 2.05) is 36.4 Å². The third-order valence-electron chi connectivity index (χ3n) is 4.22. The van der Waals surface area contributed by atoms with E-state index in [2.05, 4.69) is 25.6 Å². The number of hydrogen-bond acceptors (Lipinski definition) is 6. The lowest BCUT2D eigenvalue weighted by Gasteiger charge is -2.22. The predicted octanol–water partition coefficient (Wildman–Crippen LogP) is 0.476. The maximum Gasteiger partial charge on any atom is 0.357 e. The SMILES string of the molecule is COc1ccc(NC2=[NH+][C@@H](c3cccnc3)n3c(nc(C)cc3=O)N2)cc1. The van der Waals surface area contributed by atoms with E-state index < -0.39 is 6.17 Å². The van der Waals surface area contributed by atoms with E-state index in [1.54, 1.807) is 31.0 Å². The summed E-state index contributed by atoms with van der Waals surface area (Å²) >= 11 is 0. The van der Waals surface area contributed by atoms with E-state index in [0.29, 0.717) is 17.6 Å². The van der Waals surface area contributed by atoms with Gasteiger partial charge in [0, 0.05) is 29.7 Å². The summed E-state index contributed by atoms with van der Waals surface area (Å²) in [6.45, 7) is 1.79. The molecule has 3 N–H and O–H groups in total. The Labute approximate surface area is 155 Å². The highest BCUT2D eigenvalue weighted by atomic mass is 16.5. The first-order chi connectivity index (χ1) is 13.1. The maximum absolute atomic E-state index is 12.6. The molecule has 2 aromatic heterocycles. The molecule has 4 rings (SSSR count). The normalized spacial score (nSPS) is 15.3. The molecule has 27 heavy (non-hydrogen) atoms. The molecule has 0 amide bonds. The summed E-state index contributed by atoms with van der Waals surface area (Å²) in [5, 5.41) is 6.42. The maximum atomic E-state index is 12.6. The van der Waals surface area contributed by atoms with Gasteiger partial charge in [-0.2, -0.15) is 0 Å². The van der Waals surface area contributed by atoms with Crippen molar-refractivity contribution in [1.82, 2.24) is 14.5 Å². The first kappa shape index (κ1) is 16.8. The van der Waals surface area contributed by atoms with Crippen LogP contribution in [0.3, 0.4) is 0 Å². The van der Waals surface area contributed by atoms with Crippen LogP contribution in [0.15, 0.2) is 59.7 Å². The van der Waals surface area contributed by atoms with Gasteiger partial charge < -0.3 is 4.74 Å². The molecule has 0 bridgehead atoms. The molecule has 1 aliphatic rings. The van der Waals surface area contributed by atoms with Crippen LogP contribution >= 0.6 is 0 Å². The number of ether oxygens (including phenoxy) is 1. The van der Waals surface area contributed by atoms with Gasteiger partial charge >= 0.3 is 5.96 Å². The number of rotatable bonds is 3. The monoisotopic (exact) mass is 363 g/mol. The van der Waals surface area contributed by atoms with Crippen molar-refractivity contribution in [2.75, 3.05) is 17.7 Å². The number of aromatic nitrogens is 3. The Hall–Kier alpha value is -3.68. The number of guanidine groups is 1. The van der Waals surface area contributed by atoms with E-state index in [4.69, 9.17) is 4.74 Å². The third kappa shape index (κ3) is 3.37. The summed E-state index contributed by atoms with van der Waals surface area (Å²) in [7, 11) is 1.63. The van der Waals surface area contributed by atoms with Gasteiger partial charge in [-0.1, -0.05) is 6.07 Å². The van der Waals surface area contributed by atoms with Crippen molar-refractivity contribution >= 4 is 17.6 Å². The molecular formula is C19H19N6O2+. The minimum atomic E-state index is -0.434. The highest BCUT2D eigenvalue weighted by Crippen LogP contribution is 2.17. The lowest BCUT2D eigenvalue weighted by molar-refractivity contribution is -0.520. The van der Waals surface area contributed by atoms with E-state index in [1.165, 1.54) is 6.07 Å². The Morgan fingerprint density at radius 3 is 2.78 bits per heavy atom. The lowest BCUT2D eigenvalue weighted by Crippen LogP contribution is -2.82. The smallest absolute Gasteiger partial charge is 0.357 e. The van der Waals surface area contributed by atoms with Gasteiger partial charge in [0.2, 0.25) is 0 Å². The highest BCUT2D eigenvalue weighted by molar-refractivity contribution is 5.99. The number of hydrogen-bond donors (Lipinski definition) is 3. The Balaban J connectivity index is 1.74. The minimum Gasteiger partial charge on any atom is -0.497 e. The molecular weight excluding hydrogens is 344 g/mol. The summed E-state index contributed by atoms with van der Waals surface area (Å²) in [6, 6.07) is 12.8. The molecule has 0 fully saturated rings. The molecule has 1 atom stereocenters. The van der Waals surface area contributed by atoms with Crippen molar-refractivity contribution in [2.24, 2.45) is 0 Å². The largest absolute Gasteiger partial charge is 0.497 e. The molecule has 0 unspecified atom stereocenters. The molecule has 8 nitrogen and oxygen atoms in total. The Kier molecular flexibility index (Phi) is 4.29. The molecule has 136 valence electrons. The number of nitrogens with one attached hydrogen (secondary N) is 3. The molecule has 0 saturated heterocycles. The molecule has 8 heteroatoms. The van der Waals surface area contributed by atoms with Crippen molar-refractivity contribution in [3.8, 4) is 5.75 Å². The first-order valence-electron chi connectivity index (χ1n) is 8.46. The van der Waals surface area contributed by atoms with Crippen molar-refractivity contribution < 1.29 is 9.73 Å². The van der Waals surface area contributed by atoms with Crippen LogP contribution in [0.1, 0.15) is 17.4 Å². The number of fused-ring (bicyclic) bond motifs is 1. The van der Waals surface area contributed by atoms with Crippen LogP contribution in [0.5, 0.6) is 5.75 Å². The van der Waals surface area contributed by atoms with Crippen molar-refractivity contribution in [2.45, 2.75) is 13.1 Å². The standard InChI is InChI=1S/C19H18N6O2/c1-12-10-16(26)25-17(13-4-3-9-20-11-13)23-18(24-19(25)21-12)22-14-5-7-15(27-2)8-6-14/h3-11,17H,1-2H3,(H2,21,22,23,24)/p+1/t17-/m1/s1. The van der Waals surface area contributed by atoms with E-state index in [-0.39, 0.29) is 5.56 Å². The fourth-order valence-electron chi connectivity index (χ4n) is 2.95. The Morgan fingerprint density at radius 1 is 1.26 bits per heavy atom. The number of anilines is 2. The summed E-state index contributed by atoms with van der Waals surface area (Å²) in [4.78, 5) is 24.5. The van der Waals surface area contributed by atoms with Gasteiger partial charge in [-0.25, -0.2) is 20.2 Å². The minimum absolute atomic E-state index is 0.144. The van der Waals surface area contributed by atoms with Gasteiger partial charge in [-0.05, 0) is 37.3 Å². The second-order valence-electron chi connectivity index (χ2n) is 6.12. The van der Waals surface area contributed by atoms with Crippen LogP contribution in [-0.4, -0.2) is 27.6 Å². The van der Waals surface area contributed by atoms with Crippen LogP contribution in [0, 0.1) is 6.92 Å². The zero-order valence-corrected chi connectivity index (χ0v) is 14.9. The van der Waals surface area contributed by atoms with Crippen LogP contribution < -0.4 is 25.9 Å². The summed E-state index contributed by atoms with van der Waals surface area (Å²) in [5.41, 5.74) is 2.21. The van der Waals surface area contributed by atoms with E-state index in [0.717, 1.165) is 17.0 Å². The van der Waals surface area contributed by atoms with E-state index >= 15 is 0 Å². The number of nitrogens with zero attached hydrogens (tertiary/aromatic N) is 3. The molecule has 1 aliphatic heterocycles. The Morgan fingerprint density at radius 2 is 2.07 bits per heavy atom. The van der Waals surface area contributed by atoms with Gasteiger partial charge in [-0.15, -0.1) is 0 Å². The second kappa shape index (κ2) is 6.91. The lowest BCUT2D eigenvalue weighted by atomic mass is 10.2. The van der Waals surface area contributed by atoms with Crippen LogP contribution in [0.25, 0.3) is 0 Å². The van der Waals surface area contributed by atoms with Gasteiger partial charge in [0.1, 0.15) is 5.75 Å². The fourth-order valence-corrected chi connectivity index (χ4v) is 2.95. The highest BCUT2D eigenvalue weighted by Gasteiger charge is 2.29. The molecule has 0 aliphatic carbocycles. The van der Waals surface area contributed by atoms with Gasteiger partial charge in [0.25, 0.3) is 11.5 Å². The van der Waals surface area contributed by atoms with Crippen molar-refractivity contribution in [1.29, 1.82) is 0 Å². The number of aryl methyl sites for hydroxylation is 1. The van der Waals surface area contributed by atoms with Crippen LogP contribution in [-0.2, 0) is 0 Å². The Bertz CT molecular complexity index is 1040.